The van der Waals surface area contributed by atoms with Crippen LogP contribution in [0.15, 0.2) is 29.7 Å². The second-order valence-electron chi connectivity index (χ2n) is 5.48. The average molecular weight is 337 g/mol. The predicted molar refractivity (Wildman–Crippen MR) is 82.2 cm³/mol. The van der Waals surface area contributed by atoms with Crippen molar-refractivity contribution < 1.29 is 13.2 Å². The number of rotatable bonds is 5. The highest BCUT2D eigenvalue weighted by atomic mass is 32.2. The molecule has 1 aliphatic rings. The molecule has 1 atom stereocenters. The van der Waals surface area contributed by atoms with Crippen LogP contribution in [-0.4, -0.2) is 58.7 Å². The molecule has 23 heavy (non-hydrogen) atoms. The Hall–Kier alpha value is -1.84. The van der Waals surface area contributed by atoms with Gasteiger partial charge in [-0.15, -0.1) is 0 Å². The van der Waals surface area contributed by atoms with Crippen LogP contribution in [0.5, 0.6) is 0 Å². The monoisotopic (exact) mass is 337 g/mol. The van der Waals surface area contributed by atoms with Crippen molar-refractivity contribution in [3.8, 4) is 0 Å². The second kappa shape index (κ2) is 6.73. The van der Waals surface area contributed by atoms with Gasteiger partial charge < -0.3 is 4.74 Å². The Morgan fingerprint density at radius 3 is 3.04 bits per heavy atom. The molecule has 3 heterocycles. The maximum atomic E-state index is 12.5. The van der Waals surface area contributed by atoms with Gasteiger partial charge in [-0.1, -0.05) is 0 Å². The van der Waals surface area contributed by atoms with E-state index in [9.17, 15) is 8.42 Å². The van der Waals surface area contributed by atoms with E-state index in [0.29, 0.717) is 26.1 Å². The highest BCUT2D eigenvalue weighted by molar-refractivity contribution is 7.89. The summed E-state index contributed by atoms with van der Waals surface area (Å²) in [6.45, 7) is 3.01. The van der Waals surface area contributed by atoms with Crippen LogP contribution in [0.25, 0.3) is 0 Å². The van der Waals surface area contributed by atoms with Crippen LogP contribution in [0.2, 0.25) is 0 Å². The molecule has 9 heteroatoms. The number of aromatic nitrogens is 4. The van der Waals surface area contributed by atoms with E-state index in [1.807, 2.05) is 13.0 Å². The molecule has 0 radical (unpaired) electrons. The van der Waals surface area contributed by atoms with E-state index in [0.717, 1.165) is 17.8 Å². The van der Waals surface area contributed by atoms with Crippen LogP contribution in [0.3, 0.4) is 0 Å². The largest absolute Gasteiger partial charge is 0.375 e. The summed E-state index contributed by atoms with van der Waals surface area (Å²) in [6, 6.07) is 1.93. The Morgan fingerprint density at radius 1 is 1.43 bits per heavy atom. The topological polar surface area (TPSA) is 101 Å². The zero-order valence-corrected chi connectivity index (χ0v) is 13.7. The van der Waals surface area contributed by atoms with E-state index < -0.39 is 10.0 Å². The number of hydrogen-bond acceptors (Lipinski definition) is 6. The zero-order valence-electron chi connectivity index (χ0n) is 12.8. The molecule has 0 aromatic carbocycles. The van der Waals surface area contributed by atoms with Gasteiger partial charge in [0, 0.05) is 30.7 Å². The van der Waals surface area contributed by atoms with E-state index in [1.165, 1.54) is 16.7 Å². The predicted octanol–water partition coefficient (Wildman–Crippen LogP) is 0.530. The lowest BCUT2D eigenvalue weighted by Gasteiger charge is -2.31. The summed E-state index contributed by atoms with van der Waals surface area (Å²) in [5.74, 6) is 0. The van der Waals surface area contributed by atoms with Crippen LogP contribution in [0.1, 0.15) is 17.8 Å². The first-order valence-electron chi connectivity index (χ1n) is 7.44. The van der Waals surface area contributed by atoms with Crippen molar-refractivity contribution in [3.05, 3.63) is 36.2 Å². The molecule has 8 nitrogen and oxygen atoms in total. The first-order valence-corrected chi connectivity index (χ1v) is 8.88. The molecule has 0 aliphatic carbocycles. The van der Waals surface area contributed by atoms with Gasteiger partial charge in [-0.25, -0.2) is 18.4 Å². The molecule has 1 N–H and O–H groups in total. The Balaban J connectivity index is 1.62. The van der Waals surface area contributed by atoms with Crippen LogP contribution in [0.4, 0.5) is 0 Å². The maximum Gasteiger partial charge on any atom is 0.246 e. The van der Waals surface area contributed by atoms with Gasteiger partial charge in [0.2, 0.25) is 10.0 Å². The highest BCUT2D eigenvalue weighted by Crippen LogP contribution is 2.19. The third kappa shape index (κ3) is 3.74. The SMILES string of the molecule is Cc1cc(CC[C@H]2CN(S(=O)(=O)c3cn[nH]c3)CCO2)ncn1. The first-order chi connectivity index (χ1) is 11.1. The summed E-state index contributed by atoms with van der Waals surface area (Å²) in [7, 11) is -3.51. The number of H-pyrrole nitrogens is 1. The Labute approximate surface area is 135 Å². The molecule has 3 rings (SSSR count). The van der Waals surface area contributed by atoms with Gasteiger partial charge in [-0.05, 0) is 25.8 Å². The lowest BCUT2D eigenvalue weighted by atomic mass is 10.1. The maximum absolute atomic E-state index is 12.5. The van der Waals surface area contributed by atoms with Gasteiger partial charge in [-0.3, -0.25) is 5.10 Å². The normalized spacial score (nSPS) is 19.8. The van der Waals surface area contributed by atoms with Crippen molar-refractivity contribution in [1.82, 2.24) is 24.5 Å². The number of nitrogens with zero attached hydrogens (tertiary/aromatic N) is 4. The number of hydrogen-bond donors (Lipinski definition) is 1. The van der Waals surface area contributed by atoms with Gasteiger partial charge in [0.25, 0.3) is 0 Å². The molecule has 1 fully saturated rings. The summed E-state index contributed by atoms with van der Waals surface area (Å²) in [4.78, 5) is 8.47. The van der Waals surface area contributed by atoms with E-state index >= 15 is 0 Å². The fourth-order valence-corrected chi connectivity index (χ4v) is 3.93. The lowest BCUT2D eigenvalue weighted by Crippen LogP contribution is -2.45. The molecule has 0 saturated carbocycles. The highest BCUT2D eigenvalue weighted by Gasteiger charge is 2.31. The Bertz CT molecular complexity index is 748. The van der Waals surface area contributed by atoms with Crippen molar-refractivity contribution in [1.29, 1.82) is 0 Å². The zero-order chi connectivity index (χ0) is 16.3. The summed E-state index contributed by atoms with van der Waals surface area (Å²) >= 11 is 0. The number of sulfonamides is 1. The number of ether oxygens (including phenoxy) is 1. The molecular formula is C14H19N5O3S. The molecular weight excluding hydrogens is 318 g/mol. The Kier molecular flexibility index (Phi) is 4.69. The average Bonchev–Trinajstić information content (AvgIpc) is 3.09. The minimum Gasteiger partial charge on any atom is -0.375 e. The van der Waals surface area contributed by atoms with E-state index in [-0.39, 0.29) is 11.0 Å². The van der Waals surface area contributed by atoms with Crippen LogP contribution < -0.4 is 0 Å². The van der Waals surface area contributed by atoms with Crippen LogP contribution >= 0.6 is 0 Å². The molecule has 0 bridgehead atoms. The van der Waals surface area contributed by atoms with E-state index in [2.05, 4.69) is 20.2 Å². The third-order valence-electron chi connectivity index (χ3n) is 3.80. The Morgan fingerprint density at radius 2 is 2.30 bits per heavy atom. The lowest BCUT2D eigenvalue weighted by molar-refractivity contribution is -0.00538. The summed E-state index contributed by atoms with van der Waals surface area (Å²) in [5, 5.41) is 6.25. The van der Waals surface area contributed by atoms with Crippen molar-refractivity contribution in [2.45, 2.75) is 30.8 Å². The van der Waals surface area contributed by atoms with Gasteiger partial charge in [0.15, 0.2) is 0 Å². The van der Waals surface area contributed by atoms with Crippen molar-refractivity contribution in [3.63, 3.8) is 0 Å². The van der Waals surface area contributed by atoms with Gasteiger partial charge in [0.1, 0.15) is 11.2 Å². The van der Waals surface area contributed by atoms with E-state index in [4.69, 9.17) is 4.74 Å². The van der Waals surface area contributed by atoms with Crippen LogP contribution in [0, 0.1) is 6.92 Å². The number of aromatic amines is 1. The summed E-state index contributed by atoms with van der Waals surface area (Å²) < 4.78 is 32.2. The molecule has 2 aromatic rings. The smallest absolute Gasteiger partial charge is 0.246 e. The van der Waals surface area contributed by atoms with Crippen molar-refractivity contribution in [2.75, 3.05) is 19.7 Å². The molecule has 124 valence electrons. The molecule has 0 spiro atoms. The molecule has 1 saturated heterocycles. The fraction of sp³-hybridized carbons (Fsp3) is 0.500. The first kappa shape index (κ1) is 16.0. The third-order valence-corrected chi connectivity index (χ3v) is 5.63. The van der Waals surface area contributed by atoms with Gasteiger partial charge in [0.05, 0.1) is 18.9 Å². The number of aryl methyl sites for hydroxylation is 2. The molecule has 1 aliphatic heterocycles. The van der Waals surface area contributed by atoms with Crippen LogP contribution in [-0.2, 0) is 21.2 Å². The minimum atomic E-state index is -3.51. The van der Waals surface area contributed by atoms with Gasteiger partial charge >= 0.3 is 0 Å². The second-order valence-corrected chi connectivity index (χ2v) is 7.42. The van der Waals surface area contributed by atoms with Gasteiger partial charge in [-0.2, -0.15) is 9.40 Å². The summed E-state index contributed by atoms with van der Waals surface area (Å²) in [6.07, 6.45) is 5.57. The molecule has 2 aromatic heterocycles. The summed E-state index contributed by atoms with van der Waals surface area (Å²) in [5.41, 5.74) is 1.86. The van der Waals surface area contributed by atoms with Crippen molar-refractivity contribution in [2.24, 2.45) is 0 Å². The minimum absolute atomic E-state index is 0.138. The number of nitrogens with one attached hydrogen (secondary N) is 1. The standard InChI is InChI=1S/C14H19N5O3S/c1-11-6-12(16-10-15-11)2-3-13-9-19(4-5-22-13)23(20,21)14-7-17-18-8-14/h6-8,10,13H,2-5,9H2,1H3,(H,17,18)/t13-/m0/s1. The fourth-order valence-electron chi connectivity index (χ4n) is 2.57. The quantitative estimate of drug-likeness (QED) is 0.854. The van der Waals surface area contributed by atoms with Crippen molar-refractivity contribution >= 4 is 10.0 Å². The molecule has 0 amide bonds. The van der Waals surface area contributed by atoms with E-state index in [1.54, 1.807) is 6.33 Å². The number of morpholine rings is 1. The molecule has 0 unspecified atom stereocenters.